The van der Waals surface area contributed by atoms with Crippen molar-refractivity contribution in [1.29, 1.82) is 0 Å². The molecule has 2 N–H and O–H groups in total. The van der Waals surface area contributed by atoms with Crippen LogP contribution in [0.1, 0.15) is 58.1 Å². The molecule has 0 fully saturated rings. The maximum atomic E-state index is 14.0. The van der Waals surface area contributed by atoms with Crippen LogP contribution in [0.3, 0.4) is 0 Å². The summed E-state index contributed by atoms with van der Waals surface area (Å²) >= 11 is 0. The number of aromatic nitrogens is 2. The second-order valence-electron chi connectivity index (χ2n) is 10.5. The molecule has 0 spiro atoms. The van der Waals surface area contributed by atoms with Crippen LogP contribution in [0.5, 0.6) is 0 Å². The highest BCUT2D eigenvalue weighted by molar-refractivity contribution is 5.88. The highest BCUT2D eigenvalue weighted by Crippen LogP contribution is 2.38. The Kier molecular flexibility index (Phi) is 6.43. The second kappa shape index (κ2) is 10.2. The molecule has 0 radical (unpaired) electrons. The number of aromatic amines is 2. The van der Waals surface area contributed by atoms with Gasteiger partial charge in [-0.15, -0.1) is 0 Å². The van der Waals surface area contributed by atoms with Crippen LogP contribution in [0, 0.1) is 13.8 Å². The fourth-order valence-corrected chi connectivity index (χ4v) is 5.72. The molecular formula is C35H32N2O. The average Bonchev–Trinajstić information content (AvgIpc) is 3.56. The fourth-order valence-electron chi connectivity index (χ4n) is 5.72. The lowest BCUT2D eigenvalue weighted by atomic mass is 9.81. The van der Waals surface area contributed by atoms with Gasteiger partial charge in [0.2, 0.25) is 0 Å². The Morgan fingerprint density at radius 2 is 0.974 bits per heavy atom. The maximum absolute atomic E-state index is 14.0. The minimum Gasteiger partial charge on any atom is -0.361 e. The van der Waals surface area contributed by atoms with Crippen LogP contribution >= 0.6 is 0 Å². The molecule has 0 aliphatic heterocycles. The first kappa shape index (κ1) is 24.0. The van der Waals surface area contributed by atoms with Gasteiger partial charge in [-0.25, -0.2) is 0 Å². The standard InChI is InChI=1S/C35H32N2O/c1-23-11-15-25(16-12-23)30(32-21-36-34-9-5-3-7-28(32)34)19-27(38)20-31(26-17-13-24(2)14-18-26)33-22-37-35-10-6-4-8-29(33)35/h3-18,21-22,30-31,36-37H,19-20H2,1-2H3. The summed E-state index contributed by atoms with van der Waals surface area (Å²) in [6, 6.07) is 34.0. The van der Waals surface area contributed by atoms with E-state index in [0.29, 0.717) is 12.8 Å². The molecular weight excluding hydrogens is 464 g/mol. The van der Waals surface area contributed by atoms with Gasteiger partial charge in [0.15, 0.2) is 0 Å². The summed E-state index contributed by atoms with van der Waals surface area (Å²) in [4.78, 5) is 20.8. The lowest BCUT2D eigenvalue weighted by Gasteiger charge is -2.21. The second-order valence-corrected chi connectivity index (χ2v) is 10.5. The first-order valence-corrected chi connectivity index (χ1v) is 13.3. The third-order valence-corrected chi connectivity index (χ3v) is 7.82. The molecule has 2 atom stereocenters. The predicted octanol–water partition coefficient (Wildman–Crippen LogP) is 8.58. The fraction of sp³-hybridized carbons (Fsp3) is 0.171. The van der Waals surface area contributed by atoms with Crippen molar-refractivity contribution in [2.45, 2.75) is 38.5 Å². The number of para-hydroxylation sites is 2. The van der Waals surface area contributed by atoms with Crippen LogP contribution in [0.4, 0.5) is 0 Å². The Morgan fingerprint density at radius 1 is 0.579 bits per heavy atom. The molecule has 0 bridgehead atoms. The van der Waals surface area contributed by atoms with Gasteiger partial charge < -0.3 is 9.97 Å². The van der Waals surface area contributed by atoms with Crippen molar-refractivity contribution in [3.05, 3.63) is 143 Å². The zero-order chi connectivity index (χ0) is 26.1. The van der Waals surface area contributed by atoms with Crippen LogP contribution in [-0.2, 0) is 4.79 Å². The summed E-state index contributed by atoms with van der Waals surface area (Å²) in [6.07, 6.45) is 5.07. The van der Waals surface area contributed by atoms with Gasteiger partial charge in [-0.2, -0.15) is 0 Å². The molecule has 0 saturated heterocycles. The van der Waals surface area contributed by atoms with Gasteiger partial charge in [-0.3, -0.25) is 4.79 Å². The molecule has 0 aliphatic rings. The number of H-pyrrole nitrogens is 2. The molecule has 3 nitrogen and oxygen atoms in total. The predicted molar refractivity (Wildman–Crippen MR) is 157 cm³/mol. The van der Waals surface area contributed by atoms with Gasteiger partial charge in [-0.05, 0) is 48.2 Å². The summed E-state index contributed by atoms with van der Waals surface area (Å²) in [5, 5.41) is 2.36. The van der Waals surface area contributed by atoms with Gasteiger partial charge >= 0.3 is 0 Å². The zero-order valence-corrected chi connectivity index (χ0v) is 21.9. The molecule has 3 heteroatoms. The van der Waals surface area contributed by atoms with E-state index in [1.807, 2.05) is 12.1 Å². The number of nitrogens with one attached hydrogen (secondary N) is 2. The lowest BCUT2D eigenvalue weighted by Crippen LogP contribution is -2.13. The normalized spacial score (nSPS) is 13.1. The van der Waals surface area contributed by atoms with E-state index in [-0.39, 0.29) is 17.6 Å². The van der Waals surface area contributed by atoms with E-state index in [2.05, 4.69) is 121 Å². The first-order valence-electron chi connectivity index (χ1n) is 13.3. The van der Waals surface area contributed by atoms with Crippen molar-refractivity contribution in [1.82, 2.24) is 9.97 Å². The van der Waals surface area contributed by atoms with E-state index in [9.17, 15) is 4.79 Å². The minimum atomic E-state index is -0.0131. The third kappa shape index (κ3) is 4.68. The van der Waals surface area contributed by atoms with Gasteiger partial charge in [0.25, 0.3) is 0 Å². The molecule has 2 heterocycles. The summed E-state index contributed by atoms with van der Waals surface area (Å²) in [5.41, 5.74) is 9.34. The monoisotopic (exact) mass is 496 g/mol. The Bertz CT molecular complexity index is 1580. The van der Waals surface area contributed by atoms with E-state index in [1.54, 1.807) is 0 Å². The summed E-state index contributed by atoms with van der Waals surface area (Å²) in [6.45, 7) is 4.20. The van der Waals surface area contributed by atoms with Crippen molar-refractivity contribution < 1.29 is 4.79 Å². The number of hydrogen-bond donors (Lipinski definition) is 2. The molecule has 38 heavy (non-hydrogen) atoms. The van der Waals surface area contributed by atoms with Gasteiger partial charge in [0.1, 0.15) is 5.78 Å². The van der Waals surface area contributed by atoms with Crippen LogP contribution < -0.4 is 0 Å². The average molecular weight is 497 g/mol. The minimum absolute atomic E-state index is 0.0131. The van der Waals surface area contributed by atoms with Gasteiger partial charge in [-0.1, -0.05) is 96.1 Å². The van der Waals surface area contributed by atoms with E-state index < -0.39 is 0 Å². The molecule has 2 unspecified atom stereocenters. The number of carbonyl (C=O) groups is 1. The zero-order valence-electron chi connectivity index (χ0n) is 21.9. The highest BCUT2D eigenvalue weighted by Gasteiger charge is 2.26. The Morgan fingerprint density at radius 3 is 1.39 bits per heavy atom. The molecule has 188 valence electrons. The number of ketones is 1. The van der Waals surface area contributed by atoms with Crippen molar-refractivity contribution >= 4 is 27.6 Å². The van der Waals surface area contributed by atoms with Crippen molar-refractivity contribution in [3.63, 3.8) is 0 Å². The van der Waals surface area contributed by atoms with Crippen molar-refractivity contribution in [3.8, 4) is 0 Å². The number of aryl methyl sites for hydroxylation is 2. The number of fused-ring (bicyclic) bond motifs is 2. The number of hydrogen-bond acceptors (Lipinski definition) is 1. The molecule has 0 aliphatic carbocycles. The molecule has 2 aromatic heterocycles. The summed E-state index contributed by atoms with van der Waals surface area (Å²) < 4.78 is 0. The van der Waals surface area contributed by atoms with Crippen LogP contribution in [-0.4, -0.2) is 15.8 Å². The van der Waals surface area contributed by atoms with Crippen LogP contribution in [0.2, 0.25) is 0 Å². The molecule has 6 rings (SSSR count). The smallest absolute Gasteiger partial charge is 0.134 e. The Labute approximate surface area is 223 Å². The van der Waals surface area contributed by atoms with Crippen molar-refractivity contribution in [2.75, 3.05) is 0 Å². The van der Waals surface area contributed by atoms with Crippen LogP contribution in [0.15, 0.2) is 109 Å². The summed E-state index contributed by atoms with van der Waals surface area (Å²) in [7, 11) is 0. The highest BCUT2D eigenvalue weighted by atomic mass is 16.1. The lowest BCUT2D eigenvalue weighted by molar-refractivity contribution is -0.119. The third-order valence-electron chi connectivity index (χ3n) is 7.82. The number of benzene rings is 4. The van der Waals surface area contributed by atoms with E-state index in [1.165, 1.54) is 44.2 Å². The van der Waals surface area contributed by atoms with Gasteiger partial charge in [0.05, 0.1) is 0 Å². The molecule has 4 aromatic carbocycles. The number of rotatable bonds is 8. The molecule has 6 aromatic rings. The topological polar surface area (TPSA) is 48.6 Å². The first-order chi connectivity index (χ1) is 18.6. The quantitative estimate of drug-likeness (QED) is 0.218. The molecule has 0 amide bonds. The Hall–Kier alpha value is -4.37. The Balaban J connectivity index is 1.37. The van der Waals surface area contributed by atoms with E-state index in [4.69, 9.17) is 0 Å². The van der Waals surface area contributed by atoms with Gasteiger partial charge in [0, 0.05) is 58.9 Å². The summed E-state index contributed by atoms with van der Waals surface area (Å²) in [5.74, 6) is 0.235. The number of Topliss-reactive ketones (excluding diaryl/α,β-unsaturated/α-hetero) is 1. The van der Waals surface area contributed by atoms with Crippen molar-refractivity contribution in [2.24, 2.45) is 0 Å². The number of carbonyl (C=O) groups excluding carboxylic acids is 1. The molecule has 0 saturated carbocycles. The van der Waals surface area contributed by atoms with E-state index in [0.717, 1.165) is 11.0 Å². The largest absolute Gasteiger partial charge is 0.361 e. The van der Waals surface area contributed by atoms with E-state index >= 15 is 0 Å². The van der Waals surface area contributed by atoms with Crippen LogP contribution in [0.25, 0.3) is 21.8 Å². The SMILES string of the molecule is Cc1ccc(C(CC(=O)CC(c2ccc(C)cc2)c2c[nH]c3ccccc23)c2c[nH]c3ccccc23)cc1. The maximum Gasteiger partial charge on any atom is 0.134 e.